The zero-order valence-electron chi connectivity index (χ0n) is 16.1. The zero-order valence-corrected chi connectivity index (χ0v) is 17.6. The van der Waals surface area contributed by atoms with Crippen molar-refractivity contribution in [1.82, 2.24) is 25.1 Å². The Balaban J connectivity index is 1.57. The van der Waals surface area contributed by atoms with E-state index in [9.17, 15) is 9.59 Å². The van der Waals surface area contributed by atoms with Gasteiger partial charge < -0.3 is 5.32 Å². The number of fused-ring (bicyclic) bond motifs is 1. The lowest BCUT2D eigenvalue weighted by molar-refractivity contribution is -0.118. The van der Waals surface area contributed by atoms with Crippen LogP contribution in [0.15, 0.2) is 64.7 Å². The number of hydrogen-bond acceptors (Lipinski definition) is 5. The molecule has 2 N–H and O–H groups in total. The van der Waals surface area contributed by atoms with Crippen molar-refractivity contribution in [1.29, 1.82) is 0 Å². The molecule has 152 valence electrons. The second-order valence-electron chi connectivity index (χ2n) is 6.65. The highest BCUT2D eigenvalue weighted by molar-refractivity contribution is 7.99. The number of aromatic nitrogens is 4. The highest BCUT2D eigenvalue weighted by Crippen LogP contribution is 2.22. The number of benzene rings is 2. The van der Waals surface area contributed by atoms with Crippen molar-refractivity contribution < 1.29 is 4.79 Å². The van der Waals surface area contributed by atoms with Crippen LogP contribution in [0.25, 0.3) is 16.7 Å². The van der Waals surface area contributed by atoms with Gasteiger partial charge in [-0.1, -0.05) is 53.7 Å². The van der Waals surface area contributed by atoms with E-state index in [1.165, 1.54) is 22.5 Å². The summed E-state index contributed by atoms with van der Waals surface area (Å²) in [4.78, 5) is 30.0. The summed E-state index contributed by atoms with van der Waals surface area (Å²) < 4.78 is 1.53. The van der Waals surface area contributed by atoms with E-state index in [1.54, 1.807) is 12.1 Å². The average Bonchev–Trinajstić information content (AvgIpc) is 3.21. The number of aryl methyl sites for hydroxylation is 1. The van der Waals surface area contributed by atoms with Crippen LogP contribution >= 0.6 is 23.4 Å². The molecule has 2 aromatic heterocycles. The number of thioether (sulfide) groups is 1. The van der Waals surface area contributed by atoms with E-state index in [0.29, 0.717) is 27.8 Å². The molecule has 0 saturated carbocycles. The normalized spacial score (nSPS) is 11.0. The fraction of sp³-hybridized carbons (Fsp3) is 0.143. The zero-order chi connectivity index (χ0) is 21.1. The van der Waals surface area contributed by atoms with E-state index in [4.69, 9.17) is 11.6 Å². The topological polar surface area (TPSA) is 92.7 Å². The molecule has 4 rings (SSSR count). The van der Waals surface area contributed by atoms with Crippen molar-refractivity contribution in [3.05, 3.63) is 81.2 Å². The van der Waals surface area contributed by atoms with Gasteiger partial charge in [0.1, 0.15) is 5.39 Å². The SMILES string of the molecule is Cc1ccccc1-n1c(SCC(=O)NCc2cccc(Cl)c2)nc2[nH]ncc2c1=O. The van der Waals surface area contributed by atoms with Crippen LogP contribution in [0.1, 0.15) is 11.1 Å². The lowest BCUT2D eigenvalue weighted by Crippen LogP contribution is -2.26. The molecule has 0 aliphatic rings. The maximum absolute atomic E-state index is 13.1. The van der Waals surface area contributed by atoms with Crippen molar-refractivity contribution in [2.75, 3.05) is 5.75 Å². The van der Waals surface area contributed by atoms with Gasteiger partial charge in [0, 0.05) is 11.6 Å². The maximum atomic E-state index is 13.1. The van der Waals surface area contributed by atoms with Crippen LogP contribution in [-0.4, -0.2) is 31.4 Å². The van der Waals surface area contributed by atoms with E-state index in [0.717, 1.165) is 16.8 Å². The molecule has 0 atom stereocenters. The average molecular weight is 440 g/mol. The van der Waals surface area contributed by atoms with Crippen LogP contribution in [-0.2, 0) is 11.3 Å². The summed E-state index contributed by atoms with van der Waals surface area (Å²) in [6.45, 7) is 2.30. The Bertz CT molecular complexity index is 1280. The van der Waals surface area contributed by atoms with E-state index in [2.05, 4.69) is 20.5 Å². The number of hydrogen-bond donors (Lipinski definition) is 2. The molecule has 2 heterocycles. The Morgan fingerprint density at radius 2 is 2.07 bits per heavy atom. The molecule has 0 aliphatic carbocycles. The number of nitrogens with one attached hydrogen (secondary N) is 2. The molecule has 0 radical (unpaired) electrons. The minimum Gasteiger partial charge on any atom is -0.351 e. The van der Waals surface area contributed by atoms with Gasteiger partial charge in [-0.3, -0.25) is 19.3 Å². The third-order valence-corrected chi connectivity index (χ3v) is 5.69. The number of amides is 1. The standard InChI is InChI=1S/C21H18ClN5O2S/c1-13-5-2-3-8-17(13)27-20(29)16-11-24-26-19(16)25-21(27)30-12-18(28)23-10-14-6-4-7-15(22)9-14/h2-9,11H,10,12H2,1H3,(H,23,28)(H,24,26). The van der Waals surface area contributed by atoms with Gasteiger partial charge in [-0.15, -0.1) is 0 Å². The van der Waals surface area contributed by atoms with Crippen molar-refractivity contribution in [3.8, 4) is 5.69 Å². The minimum absolute atomic E-state index is 0.110. The lowest BCUT2D eigenvalue weighted by Gasteiger charge is -2.14. The predicted octanol–water partition coefficient (Wildman–Crippen LogP) is 3.48. The fourth-order valence-electron chi connectivity index (χ4n) is 3.03. The predicted molar refractivity (Wildman–Crippen MR) is 118 cm³/mol. The minimum atomic E-state index is -0.232. The van der Waals surface area contributed by atoms with Gasteiger partial charge in [-0.25, -0.2) is 4.98 Å². The summed E-state index contributed by atoms with van der Waals surface area (Å²) in [5.41, 5.74) is 2.72. The molecule has 0 fully saturated rings. The third kappa shape index (κ3) is 4.24. The highest BCUT2D eigenvalue weighted by atomic mass is 35.5. The number of rotatable bonds is 6. The Hall–Kier alpha value is -3.10. The van der Waals surface area contributed by atoms with Gasteiger partial charge in [0.15, 0.2) is 10.8 Å². The summed E-state index contributed by atoms with van der Waals surface area (Å²) in [6.07, 6.45) is 1.46. The van der Waals surface area contributed by atoms with E-state index >= 15 is 0 Å². The van der Waals surface area contributed by atoms with Crippen LogP contribution < -0.4 is 10.9 Å². The van der Waals surface area contributed by atoms with Crippen molar-refractivity contribution in [3.63, 3.8) is 0 Å². The molecule has 1 amide bonds. The van der Waals surface area contributed by atoms with Crippen molar-refractivity contribution >= 4 is 40.3 Å². The quantitative estimate of drug-likeness (QED) is 0.354. The molecule has 0 saturated heterocycles. The number of aromatic amines is 1. The second-order valence-corrected chi connectivity index (χ2v) is 8.03. The molecule has 4 aromatic rings. The first-order valence-electron chi connectivity index (χ1n) is 9.19. The molecule has 2 aromatic carbocycles. The Labute approximate surface area is 181 Å². The smallest absolute Gasteiger partial charge is 0.269 e. The maximum Gasteiger partial charge on any atom is 0.269 e. The van der Waals surface area contributed by atoms with Crippen molar-refractivity contribution in [2.45, 2.75) is 18.6 Å². The Morgan fingerprint density at radius 3 is 2.87 bits per heavy atom. The van der Waals surface area contributed by atoms with E-state index in [1.807, 2.05) is 43.3 Å². The number of H-pyrrole nitrogens is 1. The summed E-state index contributed by atoms with van der Waals surface area (Å²) in [5, 5.41) is 11.0. The number of halogens is 1. The third-order valence-electron chi connectivity index (χ3n) is 4.52. The van der Waals surface area contributed by atoms with E-state index in [-0.39, 0.29) is 17.2 Å². The number of nitrogens with zero attached hydrogens (tertiary/aromatic N) is 3. The van der Waals surface area contributed by atoms with Crippen LogP contribution in [0.3, 0.4) is 0 Å². The summed E-state index contributed by atoms with van der Waals surface area (Å²) in [5.74, 6) is -0.0614. The Kier molecular flexibility index (Phi) is 5.87. The molecule has 9 heteroatoms. The highest BCUT2D eigenvalue weighted by Gasteiger charge is 2.17. The Morgan fingerprint density at radius 1 is 1.23 bits per heavy atom. The molecule has 0 spiro atoms. The van der Waals surface area contributed by atoms with Crippen molar-refractivity contribution in [2.24, 2.45) is 0 Å². The van der Waals surface area contributed by atoms with Gasteiger partial charge in [-0.2, -0.15) is 5.10 Å². The largest absolute Gasteiger partial charge is 0.351 e. The first kappa shape index (κ1) is 20.2. The van der Waals surface area contributed by atoms with Gasteiger partial charge in [0.05, 0.1) is 17.6 Å². The van der Waals surface area contributed by atoms with Crippen LogP contribution in [0.4, 0.5) is 0 Å². The lowest BCUT2D eigenvalue weighted by atomic mass is 10.2. The molecule has 0 unspecified atom stereocenters. The van der Waals surface area contributed by atoms with Gasteiger partial charge in [0.25, 0.3) is 5.56 Å². The molecular weight excluding hydrogens is 422 g/mol. The van der Waals surface area contributed by atoms with Gasteiger partial charge in [0.2, 0.25) is 5.91 Å². The molecular formula is C21H18ClN5O2S. The molecule has 0 bridgehead atoms. The molecule has 7 nitrogen and oxygen atoms in total. The first-order chi connectivity index (χ1) is 14.5. The summed E-state index contributed by atoms with van der Waals surface area (Å²) in [6, 6.07) is 14.9. The van der Waals surface area contributed by atoms with E-state index < -0.39 is 0 Å². The summed E-state index contributed by atoms with van der Waals surface area (Å²) in [7, 11) is 0. The number of carbonyl (C=O) groups is 1. The fourth-order valence-corrected chi connectivity index (χ4v) is 4.07. The second kappa shape index (κ2) is 8.73. The monoisotopic (exact) mass is 439 g/mol. The van der Waals surface area contributed by atoms with Crippen LogP contribution in [0.2, 0.25) is 5.02 Å². The summed E-state index contributed by atoms with van der Waals surface area (Å²) >= 11 is 7.17. The van der Waals surface area contributed by atoms with Crippen LogP contribution in [0, 0.1) is 6.92 Å². The van der Waals surface area contributed by atoms with Crippen LogP contribution in [0.5, 0.6) is 0 Å². The van der Waals surface area contributed by atoms with Gasteiger partial charge in [-0.05, 0) is 36.2 Å². The number of para-hydroxylation sites is 1. The van der Waals surface area contributed by atoms with Gasteiger partial charge >= 0.3 is 0 Å². The first-order valence-corrected chi connectivity index (χ1v) is 10.6. The molecule has 30 heavy (non-hydrogen) atoms. The molecule has 0 aliphatic heterocycles. The number of carbonyl (C=O) groups excluding carboxylic acids is 1.